The van der Waals surface area contributed by atoms with Crippen molar-refractivity contribution in [3.63, 3.8) is 0 Å². The lowest BCUT2D eigenvalue weighted by atomic mass is 9.81. The summed E-state index contributed by atoms with van der Waals surface area (Å²) in [5.41, 5.74) is 2.89. The molecule has 2 aromatic rings. The number of hydrogen-bond donors (Lipinski definition) is 5. The second-order valence-electron chi connectivity index (χ2n) is 11.4. The molecule has 2 bridgehead atoms. The molecule has 0 aromatic heterocycles. The lowest BCUT2D eigenvalue weighted by Gasteiger charge is -2.27. The molecule has 0 radical (unpaired) electrons. The third kappa shape index (κ3) is 5.98. The van der Waals surface area contributed by atoms with Gasteiger partial charge in [-0.2, -0.15) is 0 Å². The van der Waals surface area contributed by atoms with E-state index in [0.717, 1.165) is 23.1 Å². The van der Waals surface area contributed by atoms with Gasteiger partial charge in [0.2, 0.25) is 17.7 Å². The summed E-state index contributed by atoms with van der Waals surface area (Å²) >= 11 is 0. The Balaban J connectivity index is 1.23. The first-order valence-corrected chi connectivity index (χ1v) is 14.4. The maximum atomic E-state index is 13.5. The van der Waals surface area contributed by atoms with Gasteiger partial charge in [-0.05, 0) is 54.7 Å². The maximum absolute atomic E-state index is 13.5. The largest absolute Gasteiger partial charge is 0.391 e. The highest BCUT2D eigenvalue weighted by Gasteiger charge is 2.51. The van der Waals surface area contributed by atoms with Crippen molar-refractivity contribution in [1.29, 1.82) is 0 Å². The van der Waals surface area contributed by atoms with Gasteiger partial charge in [0.25, 0.3) is 0 Å². The van der Waals surface area contributed by atoms with Crippen molar-refractivity contribution in [1.82, 2.24) is 16.0 Å². The molecule has 0 saturated heterocycles. The highest BCUT2D eigenvalue weighted by Crippen LogP contribution is 2.48. The summed E-state index contributed by atoms with van der Waals surface area (Å²) in [5.74, 6) is -1.92. The summed E-state index contributed by atoms with van der Waals surface area (Å²) in [5, 5.41) is 30.4. The van der Waals surface area contributed by atoms with E-state index < -0.39 is 36.0 Å². The van der Waals surface area contributed by atoms with Crippen LogP contribution in [0.1, 0.15) is 42.5 Å². The van der Waals surface area contributed by atoms with Crippen LogP contribution < -0.4 is 16.0 Å². The Hall–Kier alpha value is -3.49. The lowest BCUT2D eigenvalue weighted by Crippen LogP contribution is -2.46. The number of aliphatic hydroxyl groups is 2. The van der Waals surface area contributed by atoms with E-state index in [0.29, 0.717) is 19.4 Å². The van der Waals surface area contributed by atoms with Gasteiger partial charge in [-0.1, -0.05) is 66.7 Å². The van der Waals surface area contributed by atoms with E-state index in [4.69, 9.17) is 0 Å². The Morgan fingerprint density at radius 1 is 0.925 bits per heavy atom. The molecule has 40 heavy (non-hydrogen) atoms. The fourth-order valence-electron chi connectivity index (χ4n) is 6.78. The summed E-state index contributed by atoms with van der Waals surface area (Å²) in [6.45, 7) is 2.37. The van der Waals surface area contributed by atoms with Crippen LogP contribution in [0.5, 0.6) is 0 Å². The second kappa shape index (κ2) is 12.4. The second-order valence-corrected chi connectivity index (χ2v) is 11.4. The molecular weight excluding hydrogens is 506 g/mol. The zero-order valence-corrected chi connectivity index (χ0v) is 22.8. The molecule has 0 spiro atoms. The molecule has 3 aliphatic rings. The van der Waals surface area contributed by atoms with Crippen LogP contribution >= 0.6 is 0 Å². The van der Waals surface area contributed by atoms with Crippen LogP contribution in [0.3, 0.4) is 0 Å². The fourth-order valence-corrected chi connectivity index (χ4v) is 6.78. The van der Waals surface area contributed by atoms with E-state index in [1.807, 2.05) is 73.7 Å². The summed E-state index contributed by atoms with van der Waals surface area (Å²) in [7, 11) is 0. The topological polar surface area (TPSA) is 128 Å². The molecular formula is C32H39N3O5. The molecule has 8 atom stereocenters. The Bertz CT molecular complexity index is 1250. The minimum atomic E-state index is -0.957. The number of rotatable bonds is 11. The molecule has 212 valence electrons. The highest BCUT2D eigenvalue weighted by atomic mass is 16.3. The normalized spacial score (nSPS) is 27.6. The zero-order valence-electron chi connectivity index (χ0n) is 22.8. The first-order chi connectivity index (χ1) is 19.4. The van der Waals surface area contributed by atoms with Gasteiger partial charge >= 0.3 is 0 Å². The summed E-state index contributed by atoms with van der Waals surface area (Å²) in [6, 6.07) is 16.8. The maximum Gasteiger partial charge on any atom is 0.224 e. The van der Waals surface area contributed by atoms with Gasteiger partial charge in [0.05, 0.1) is 30.1 Å². The Morgan fingerprint density at radius 2 is 1.57 bits per heavy atom. The lowest BCUT2D eigenvalue weighted by molar-refractivity contribution is -0.135. The molecule has 0 aliphatic heterocycles. The number of hydrogen-bond acceptors (Lipinski definition) is 5. The third-order valence-corrected chi connectivity index (χ3v) is 8.68. The number of benzene rings is 2. The summed E-state index contributed by atoms with van der Waals surface area (Å²) < 4.78 is 0. The molecule has 0 heterocycles. The van der Waals surface area contributed by atoms with Crippen LogP contribution in [-0.4, -0.2) is 53.2 Å². The minimum Gasteiger partial charge on any atom is -0.391 e. The van der Waals surface area contributed by atoms with E-state index in [-0.39, 0.29) is 42.5 Å². The minimum absolute atomic E-state index is 0.00793. The Morgan fingerprint density at radius 3 is 2.27 bits per heavy atom. The monoisotopic (exact) mass is 545 g/mol. The number of fused-ring (bicyclic) bond motifs is 3. The van der Waals surface area contributed by atoms with Gasteiger partial charge < -0.3 is 26.2 Å². The molecule has 5 rings (SSSR count). The van der Waals surface area contributed by atoms with Gasteiger partial charge in [0.15, 0.2) is 0 Å². The van der Waals surface area contributed by atoms with Crippen LogP contribution in [-0.2, 0) is 27.2 Å². The van der Waals surface area contributed by atoms with Gasteiger partial charge in [-0.3, -0.25) is 14.4 Å². The quantitative estimate of drug-likeness (QED) is 0.276. The van der Waals surface area contributed by atoms with Crippen LogP contribution in [0.25, 0.3) is 0 Å². The third-order valence-electron chi connectivity index (χ3n) is 8.68. The first kappa shape index (κ1) is 28.1. The van der Waals surface area contributed by atoms with E-state index >= 15 is 0 Å². The van der Waals surface area contributed by atoms with Crippen molar-refractivity contribution in [2.75, 3.05) is 13.1 Å². The van der Waals surface area contributed by atoms with Crippen molar-refractivity contribution in [2.24, 2.45) is 29.6 Å². The first-order valence-electron chi connectivity index (χ1n) is 14.4. The Labute approximate surface area is 235 Å². The van der Waals surface area contributed by atoms with E-state index in [9.17, 15) is 24.6 Å². The SMILES string of the molecule is CCNC(=O)[C@H]1[C@H](C(=O)NC[C@@H](O)C[C@@H](Cc2ccccc2)C(=O)N[C@H]2c3ccccc3C[C@H]2O)[C@H]2C=C[C@@H]1C2. The fraction of sp³-hybridized carbons (Fsp3) is 0.469. The molecule has 3 aliphatic carbocycles. The smallest absolute Gasteiger partial charge is 0.224 e. The van der Waals surface area contributed by atoms with E-state index in [1.54, 1.807) is 0 Å². The van der Waals surface area contributed by atoms with Crippen LogP contribution in [0.2, 0.25) is 0 Å². The number of amides is 3. The summed E-state index contributed by atoms with van der Waals surface area (Å²) in [6.07, 6.45) is 4.22. The zero-order chi connectivity index (χ0) is 28.2. The number of carbonyl (C=O) groups excluding carboxylic acids is 3. The van der Waals surface area contributed by atoms with Crippen LogP contribution in [0, 0.1) is 29.6 Å². The Kier molecular flexibility index (Phi) is 8.66. The van der Waals surface area contributed by atoms with Crippen molar-refractivity contribution in [3.05, 3.63) is 83.4 Å². The number of nitrogens with one attached hydrogen (secondary N) is 3. The summed E-state index contributed by atoms with van der Waals surface area (Å²) in [4.78, 5) is 39.4. The predicted octanol–water partition coefficient (Wildman–Crippen LogP) is 2.06. The molecule has 3 amide bonds. The van der Waals surface area contributed by atoms with Gasteiger partial charge in [-0.15, -0.1) is 0 Å². The van der Waals surface area contributed by atoms with Gasteiger partial charge in [-0.25, -0.2) is 0 Å². The highest BCUT2D eigenvalue weighted by molar-refractivity contribution is 5.89. The van der Waals surface area contributed by atoms with Crippen LogP contribution in [0.4, 0.5) is 0 Å². The van der Waals surface area contributed by atoms with Crippen molar-refractivity contribution in [3.8, 4) is 0 Å². The van der Waals surface area contributed by atoms with Crippen LogP contribution in [0.15, 0.2) is 66.7 Å². The standard InChI is InChI=1S/C32H39N3O5/c1-2-33-31(39)27-21-12-13-22(15-21)28(27)32(40)34-18-24(36)16-23(14-19-8-4-3-5-9-19)30(38)35-29-25-11-7-6-10-20(25)17-26(29)37/h3-13,21-24,26-29,36-37H,2,14-18H2,1H3,(H,33,39)(H,34,40)(H,35,38)/t21-,22+,23-,24+,26-,27-,28-,29+/m1/s1. The number of allylic oxidation sites excluding steroid dienone is 2. The molecule has 1 saturated carbocycles. The van der Waals surface area contributed by atoms with Gasteiger partial charge in [0.1, 0.15) is 0 Å². The molecule has 0 unspecified atom stereocenters. The van der Waals surface area contributed by atoms with E-state index in [2.05, 4.69) is 16.0 Å². The van der Waals surface area contributed by atoms with Crippen molar-refractivity contribution < 1.29 is 24.6 Å². The predicted molar refractivity (Wildman–Crippen MR) is 151 cm³/mol. The molecule has 5 N–H and O–H groups in total. The average molecular weight is 546 g/mol. The van der Waals surface area contributed by atoms with E-state index in [1.165, 1.54) is 0 Å². The molecule has 2 aromatic carbocycles. The van der Waals surface area contributed by atoms with Crippen molar-refractivity contribution in [2.45, 2.75) is 50.9 Å². The number of aliphatic hydroxyl groups excluding tert-OH is 2. The number of carbonyl (C=O) groups is 3. The van der Waals surface area contributed by atoms with Gasteiger partial charge in [0, 0.05) is 25.4 Å². The molecule has 1 fully saturated rings. The molecule has 8 heteroatoms. The molecule has 8 nitrogen and oxygen atoms in total. The average Bonchev–Trinajstić information content (AvgIpc) is 3.65. The van der Waals surface area contributed by atoms with Crippen molar-refractivity contribution >= 4 is 17.7 Å².